The minimum atomic E-state index is -0.506. The van der Waals surface area contributed by atoms with Gasteiger partial charge in [-0.05, 0) is 64.2 Å². The van der Waals surface area contributed by atoms with Gasteiger partial charge in [-0.15, -0.1) is 0 Å². The molecule has 5 heteroatoms. The van der Waals surface area contributed by atoms with Gasteiger partial charge in [0.2, 0.25) is 5.91 Å². The van der Waals surface area contributed by atoms with Gasteiger partial charge in [0.05, 0.1) is 0 Å². The average Bonchev–Trinajstić information content (AvgIpc) is 2.41. The van der Waals surface area contributed by atoms with Crippen LogP contribution in [0.5, 0.6) is 0 Å². The molecule has 0 saturated heterocycles. The second kappa shape index (κ2) is 8.18. The van der Waals surface area contributed by atoms with E-state index < -0.39 is 11.7 Å². The molecule has 1 saturated carbocycles. The van der Waals surface area contributed by atoms with Crippen LogP contribution in [-0.2, 0) is 16.0 Å². The maximum atomic E-state index is 11.7. The number of ether oxygens (including phenoxy) is 1. The highest BCUT2D eigenvalue weighted by molar-refractivity contribution is 5.84. The Kier molecular flexibility index (Phi) is 6.23. The van der Waals surface area contributed by atoms with E-state index in [1.807, 2.05) is 45.0 Å². The molecule has 5 nitrogen and oxygen atoms in total. The van der Waals surface area contributed by atoms with Gasteiger partial charge in [-0.25, -0.2) is 4.79 Å². The molecule has 1 fully saturated rings. The zero-order chi connectivity index (χ0) is 17.6. The summed E-state index contributed by atoms with van der Waals surface area (Å²) in [5, 5.41) is 5.72. The van der Waals surface area contributed by atoms with Crippen LogP contribution in [0.2, 0.25) is 0 Å². The molecule has 132 valence electrons. The first-order valence-corrected chi connectivity index (χ1v) is 8.70. The summed E-state index contributed by atoms with van der Waals surface area (Å²) in [4.78, 5) is 23.4. The van der Waals surface area contributed by atoms with Crippen molar-refractivity contribution in [1.29, 1.82) is 0 Å². The molecule has 24 heavy (non-hydrogen) atoms. The normalized spacial score (nSPS) is 14.6. The molecule has 0 heterocycles. The van der Waals surface area contributed by atoms with Crippen LogP contribution in [0.3, 0.4) is 0 Å². The Labute approximate surface area is 144 Å². The Bertz CT molecular complexity index is 557. The van der Waals surface area contributed by atoms with Crippen LogP contribution in [0.15, 0.2) is 24.3 Å². The minimum absolute atomic E-state index is 0.207. The van der Waals surface area contributed by atoms with Crippen LogP contribution in [0.1, 0.15) is 52.0 Å². The molecule has 2 N–H and O–H groups in total. The quantitative estimate of drug-likeness (QED) is 0.777. The van der Waals surface area contributed by atoms with Crippen molar-refractivity contribution in [2.45, 2.75) is 58.5 Å². The van der Waals surface area contributed by atoms with E-state index in [1.54, 1.807) is 0 Å². The van der Waals surface area contributed by atoms with Crippen LogP contribution in [0, 0.1) is 5.92 Å². The van der Waals surface area contributed by atoms with E-state index in [1.165, 1.54) is 12.0 Å². The smallest absolute Gasteiger partial charge is 0.412 e. The first-order valence-electron chi connectivity index (χ1n) is 8.70. The van der Waals surface area contributed by atoms with Gasteiger partial charge in [-0.3, -0.25) is 10.1 Å². The van der Waals surface area contributed by atoms with Crippen LogP contribution >= 0.6 is 0 Å². The molecule has 0 spiro atoms. The zero-order valence-electron chi connectivity index (χ0n) is 14.9. The van der Waals surface area contributed by atoms with E-state index in [4.69, 9.17) is 4.74 Å². The lowest BCUT2D eigenvalue weighted by molar-refractivity contribution is -0.127. The average molecular weight is 332 g/mol. The number of nitrogens with one attached hydrogen (secondary N) is 2. The third kappa shape index (κ3) is 6.22. The van der Waals surface area contributed by atoms with Gasteiger partial charge in [0.15, 0.2) is 0 Å². The molecule has 1 aromatic carbocycles. The largest absolute Gasteiger partial charge is 0.444 e. The molecule has 0 atom stereocenters. The number of aryl methyl sites for hydroxylation is 1. The number of hydrogen-bond donors (Lipinski definition) is 2. The highest BCUT2D eigenvalue weighted by Crippen LogP contribution is 2.26. The topological polar surface area (TPSA) is 67.4 Å². The fourth-order valence-corrected chi connectivity index (χ4v) is 2.50. The number of benzene rings is 1. The highest BCUT2D eigenvalue weighted by atomic mass is 16.6. The highest BCUT2D eigenvalue weighted by Gasteiger charge is 2.24. The number of carbonyl (C=O) groups excluding carboxylic acids is 2. The van der Waals surface area contributed by atoms with Crippen LogP contribution < -0.4 is 10.6 Å². The molecule has 0 radical (unpaired) electrons. The molecule has 0 aromatic heterocycles. The second-order valence-corrected chi connectivity index (χ2v) is 7.35. The van der Waals surface area contributed by atoms with Crippen molar-refractivity contribution in [3.05, 3.63) is 29.8 Å². The van der Waals surface area contributed by atoms with E-state index in [-0.39, 0.29) is 11.8 Å². The number of anilines is 1. The summed E-state index contributed by atoms with van der Waals surface area (Å²) in [5.74, 6) is 0.460. The number of amides is 2. The fraction of sp³-hybridized carbons (Fsp3) is 0.579. The Balaban J connectivity index is 1.68. The van der Waals surface area contributed by atoms with Crippen molar-refractivity contribution in [3.8, 4) is 0 Å². The Morgan fingerprint density at radius 1 is 1.17 bits per heavy atom. The lowest BCUT2D eigenvalue weighted by atomic mass is 9.85. The molecular formula is C19H28N2O3. The van der Waals surface area contributed by atoms with E-state index in [0.717, 1.165) is 25.7 Å². The van der Waals surface area contributed by atoms with Crippen molar-refractivity contribution in [3.63, 3.8) is 0 Å². The van der Waals surface area contributed by atoms with Gasteiger partial charge in [0, 0.05) is 18.2 Å². The lowest BCUT2D eigenvalue weighted by Gasteiger charge is -2.24. The molecule has 1 aliphatic rings. The molecule has 1 aromatic rings. The first kappa shape index (κ1) is 18.3. The molecular weight excluding hydrogens is 304 g/mol. The van der Waals surface area contributed by atoms with Crippen molar-refractivity contribution in [2.75, 3.05) is 11.9 Å². The van der Waals surface area contributed by atoms with Gasteiger partial charge < -0.3 is 10.1 Å². The summed E-state index contributed by atoms with van der Waals surface area (Å²) >= 11 is 0. The molecule has 2 amide bonds. The third-order valence-corrected chi connectivity index (χ3v) is 4.02. The Hall–Kier alpha value is -2.04. The summed E-state index contributed by atoms with van der Waals surface area (Å²) in [6, 6.07) is 7.71. The van der Waals surface area contributed by atoms with Crippen LogP contribution in [0.25, 0.3) is 0 Å². The van der Waals surface area contributed by atoms with E-state index in [0.29, 0.717) is 12.2 Å². The van der Waals surface area contributed by atoms with Gasteiger partial charge in [0.1, 0.15) is 5.60 Å². The van der Waals surface area contributed by atoms with Crippen LogP contribution in [-0.4, -0.2) is 24.1 Å². The summed E-state index contributed by atoms with van der Waals surface area (Å²) in [6.07, 6.45) is 4.63. The Morgan fingerprint density at radius 3 is 2.38 bits per heavy atom. The molecule has 1 aliphatic carbocycles. The molecule has 0 bridgehead atoms. The fourth-order valence-electron chi connectivity index (χ4n) is 2.50. The maximum absolute atomic E-state index is 11.7. The second-order valence-electron chi connectivity index (χ2n) is 7.35. The summed E-state index contributed by atoms with van der Waals surface area (Å²) in [5.41, 5.74) is 1.39. The monoisotopic (exact) mass is 332 g/mol. The minimum Gasteiger partial charge on any atom is -0.444 e. The van der Waals surface area contributed by atoms with Gasteiger partial charge in [-0.1, -0.05) is 18.6 Å². The van der Waals surface area contributed by atoms with Crippen molar-refractivity contribution in [2.24, 2.45) is 5.92 Å². The molecule has 2 rings (SSSR count). The van der Waals surface area contributed by atoms with E-state index in [2.05, 4.69) is 10.6 Å². The SMILES string of the molecule is CC(C)(C)OC(=O)Nc1ccc(CCCNC(=O)C2CCC2)cc1. The standard InChI is InChI=1S/C19H28N2O3/c1-19(2,3)24-18(23)21-16-11-9-14(10-12-16)6-5-13-20-17(22)15-7-4-8-15/h9-12,15H,4-8,13H2,1-3H3,(H,20,22)(H,21,23). The van der Waals surface area contributed by atoms with E-state index >= 15 is 0 Å². The van der Waals surface area contributed by atoms with Gasteiger partial charge >= 0.3 is 6.09 Å². The summed E-state index contributed by atoms with van der Waals surface area (Å²) < 4.78 is 5.22. The molecule has 0 unspecified atom stereocenters. The molecule has 0 aliphatic heterocycles. The van der Waals surface area contributed by atoms with Crippen molar-refractivity contribution < 1.29 is 14.3 Å². The maximum Gasteiger partial charge on any atom is 0.412 e. The number of rotatable bonds is 6. The van der Waals surface area contributed by atoms with Gasteiger partial charge in [-0.2, -0.15) is 0 Å². The number of carbonyl (C=O) groups is 2. The van der Waals surface area contributed by atoms with E-state index in [9.17, 15) is 9.59 Å². The van der Waals surface area contributed by atoms with Crippen LogP contribution in [0.4, 0.5) is 10.5 Å². The van der Waals surface area contributed by atoms with Crippen molar-refractivity contribution in [1.82, 2.24) is 5.32 Å². The predicted octanol–water partition coefficient (Wildman–Crippen LogP) is 3.88. The van der Waals surface area contributed by atoms with Crippen molar-refractivity contribution >= 4 is 17.7 Å². The van der Waals surface area contributed by atoms with Gasteiger partial charge in [0.25, 0.3) is 0 Å². The number of hydrogen-bond acceptors (Lipinski definition) is 3. The summed E-state index contributed by atoms with van der Waals surface area (Å²) in [6.45, 7) is 6.21. The first-order chi connectivity index (χ1) is 11.3. The summed E-state index contributed by atoms with van der Waals surface area (Å²) in [7, 11) is 0. The Morgan fingerprint density at radius 2 is 1.83 bits per heavy atom. The lowest BCUT2D eigenvalue weighted by Crippen LogP contribution is -2.35. The third-order valence-electron chi connectivity index (χ3n) is 4.02. The zero-order valence-corrected chi connectivity index (χ0v) is 14.9. The predicted molar refractivity (Wildman–Crippen MR) is 95.0 cm³/mol.